The highest BCUT2D eigenvalue weighted by molar-refractivity contribution is 6.30. The minimum Gasteiger partial charge on any atom is -0.475 e. The van der Waals surface area contributed by atoms with E-state index >= 15 is 0 Å². The average Bonchev–Trinajstić information content (AvgIpc) is 2.54. The Bertz CT molecular complexity index is 693. The molecule has 1 aromatic heterocycles. The maximum Gasteiger partial charge on any atom is 0.225 e. The number of nitrogen functional groups attached to an aromatic ring is 1. The molecule has 0 bridgehead atoms. The van der Waals surface area contributed by atoms with Gasteiger partial charge < -0.3 is 20.1 Å². The lowest BCUT2D eigenvalue weighted by molar-refractivity contribution is 0.0395. The van der Waals surface area contributed by atoms with Gasteiger partial charge in [0.25, 0.3) is 0 Å². The van der Waals surface area contributed by atoms with Gasteiger partial charge >= 0.3 is 0 Å². The molecule has 1 aliphatic rings. The summed E-state index contributed by atoms with van der Waals surface area (Å²) in [6, 6.07) is 9.53. The van der Waals surface area contributed by atoms with Crippen LogP contribution in [0.1, 0.15) is 25.5 Å². The number of anilines is 2. The third-order valence-electron chi connectivity index (χ3n) is 3.70. The van der Waals surface area contributed by atoms with Crippen LogP contribution in [0.25, 0.3) is 0 Å². The van der Waals surface area contributed by atoms with Crippen LogP contribution in [0.5, 0.6) is 5.88 Å². The van der Waals surface area contributed by atoms with Crippen LogP contribution in [0.2, 0.25) is 5.02 Å². The summed E-state index contributed by atoms with van der Waals surface area (Å²) < 4.78 is 11.5. The zero-order valence-electron chi connectivity index (χ0n) is 13.8. The van der Waals surface area contributed by atoms with Gasteiger partial charge in [-0.1, -0.05) is 23.7 Å². The summed E-state index contributed by atoms with van der Waals surface area (Å²) in [4.78, 5) is 10.6. The molecule has 3 rings (SSSR count). The summed E-state index contributed by atoms with van der Waals surface area (Å²) in [5, 5.41) is 0.713. The van der Waals surface area contributed by atoms with Gasteiger partial charge in [0.1, 0.15) is 11.9 Å². The van der Waals surface area contributed by atoms with E-state index in [9.17, 15) is 0 Å². The van der Waals surface area contributed by atoms with Crippen molar-refractivity contribution in [3.63, 3.8) is 0 Å². The third kappa shape index (κ3) is 4.07. The second-order valence-corrected chi connectivity index (χ2v) is 6.38. The molecule has 2 N–H and O–H groups in total. The van der Waals surface area contributed by atoms with Gasteiger partial charge in [-0.3, -0.25) is 0 Å². The summed E-state index contributed by atoms with van der Waals surface area (Å²) in [6.45, 7) is 5.92. The molecule has 1 atom stereocenters. The van der Waals surface area contributed by atoms with Gasteiger partial charge in [-0.25, -0.2) is 0 Å². The molecule has 1 aromatic carbocycles. The highest BCUT2D eigenvalue weighted by atomic mass is 35.5. The Labute approximate surface area is 146 Å². The number of nitrogens with zero attached hydrogens (tertiary/aromatic N) is 3. The Morgan fingerprint density at radius 1 is 1.29 bits per heavy atom. The monoisotopic (exact) mass is 348 g/mol. The van der Waals surface area contributed by atoms with Crippen LogP contribution in [-0.4, -0.2) is 35.8 Å². The number of benzene rings is 1. The molecule has 7 heteroatoms. The van der Waals surface area contributed by atoms with Crippen LogP contribution >= 0.6 is 11.6 Å². The first-order valence-corrected chi connectivity index (χ1v) is 8.32. The molecule has 128 valence electrons. The van der Waals surface area contributed by atoms with Crippen LogP contribution in [0, 0.1) is 0 Å². The third-order valence-corrected chi connectivity index (χ3v) is 3.95. The molecule has 2 heterocycles. The van der Waals surface area contributed by atoms with Crippen molar-refractivity contribution in [1.82, 2.24) is 9.97 Å². The van der Waals surface area contributed by atoms with Gasteiger partial charge in [0.2, 0.25) is 11.8 Å². The van der Waals surface area contributed by atoms with Gasteiger partial charge in [0.05, 0.1) is 12.7 Å². The number of ether oxygens (including phenoxy) is 2. The summed E-state index contributed by atoms with van der Waals surface area (Å²) in [7, 11) is 0. The molecule has 24 heavy (non-hydrogen) atoms. The van der Waals surface area contributed by atoms with E-state index in [0.717, 1.165) is 17.9 Å². The van der Waals surface area contributed by atoms with Crippen LogP contribution in [0.3, 0.4) is 0 Å². The van der Waals surface area contributed by atoms with E-state index in [4.69, 9.17) is 26.8 Å². The lowest BCUT2D eigenvalue weighted by atomic mass is 10.1. The maximum atomic E-state index is 5.96. The summed E-state index contributed by atoms with van der Waals surface area (Å²) in [6.07, 6.45) is -0.0136. The molecule has 0 amide bonds. The Hall–Kier alpha value is -2.05. The molecule has 0 aliphatic carbocycles. The van der Waals surface area contributed by atoms with Crippen molar-refractivity contribution in [2.24, 2.45) is 0 Å². The Morgan fingerprint density at radius 2 is 2.04 bits per heavy atom. The number of hydrogen-bond acceptors (Lipinski definition) is 6. The smallest absolute Gasteiger partial charge is 0.225 e. The van der Waals surface area contributed by atoms with E-state index in [1.54, 1.807) is 0 Å². The number of aromatic nitrogens is 2. The largest absolute Gasteiger partial charge is 0.475 e. The first kappa shape index (κ1) is 16.8. The van der Waals surface area contributed by atoms with Crippen molar-refractivity contribution in [1.29, 1.82) is 0 Å². The number of rotatable bonds is 4. The Balaban J connectivity index is 1.79. The Morgan fingerprint density at radius 3 is 2.75 bits per heavy atom. The zero-order chi connectivity index (χ0) is 17.1. The van der Waals surface area contributed by atoms with Crippen LogP contribution in [-0.2, 0) is 4.74 Å². The first-order valence-electron chi connectivity index (χ1n) is 7.94. The summed E-state index contributed by atoms with van der Waals surface area (Å²) in [5.41, 5.74) is 6.92. The van der Waals surface area contributed by atoms with Crippen molar-refractivity contribution in [3.8, 4) is 5.88 Å². The molecule has 1 fully saturated rings. The molecule has 1 unspecified atom stereocenters. The van der Waals surface area contributed by atoms with Gasteiger partial charge in [-0.05, 0) is 31.5 Å². The van der Waals surface area contributed by atoms with Gasteiger partial charge in [0, 0.05) is 24.2 Å². The van der Waals surface area contributed by atoms with E-state index in [1.807, 2.05) is 44.2 Å². The number of nitrogens with two attached hydrogens (primary N) is 1. The van der Waals surface area contributed by atoms with Crippen molar-refractivity contribution >= 4 is 23.4 Å². The number of hydrogen-bond donors (Lipinski definition) is 1. The summed E-state index contributed by atoms with van der Waals surface area (Å²) in [5.74, 6) is 1.44. The maximum absolute atomic E-state index is 5.96. The van der Waals surface area contributed by atoms with Crippen LogP contribution < -0.4 is 15.4 Å². The molecule has 1 saturated heterocycles. The fraction of sp³-hybridized carbons (Fsp3) is 0.412. The average molecular weight is 349 g/mol. The van der Waals surface area contributed by atoms with Gasteiger partial charge in [-0.2, -0.15) is 9.97 Å². The molecule has 2 aromatic rings. The molecule has 6 nitrogen and oxygen atoms in total. The van der Waals surface area contributed by atoms with Crippen molar-refractivity contribution in [3.05, 3.63) is 40.9 Å². The highest BCUT2D eigenvalue weighted by Gasteiger charge is 2.24. The van der Waals surface area contributed by atoms with E-state index < -0.39 is 0 Å². The van der Waals surface area contributed by atoms with Gasteiger partial charge in [-0.15, -0.1) is 0 Å². The molecule has 1 aliphatic heterocycles. The minimum absolute atomic E-state index is 0.0265. The van der Waals surface area contributed by atoms with Gasteiger partial charge in [0.15, 0.2) is 0 Å². The summed E-state index contributed by atoms with van der Waals surface area (Å²) >= 11 is 5.96. The standard InChI is InChI=1S/C17H21ClN4O2/c1-11(2)24-16-9-15(20-17(19)21-16)22-7-8-23-14(10-22)12-3-5-13(18)6-4-12/h3-6,9,11,14H,7-8,10H2,1-2H3,(H2,19,20,21). The molecule has 0 saturated carbocycles. The predicted octanol–water partition coefficient (Wildman–Crippen LogP) is 3.08. The van der Waals surface area contributed by atoms with Crippen molar-refractivity contribution < 1.29 is 9.47 Å². The zero-order valence-corrected chi connectivity index (χ0v) is 14.5. The second kappa shape index (κ2) is 7.23. The predicted molar refractivity (Wildman–Crippen MR) is 94.6 cm³/mol. The fourth-order valence-corrected chi connectivity index (χ4v) is 2.76. The van der Waals surface area contributed by atoms with E-state index in [0.29, 0.717) is 24.1 Å². The number of halogens is 1. The quantitative estimate of drug-likeness (QED) is 0.915. The SMILES string of the molecule is CC(C)Oc1cc(N2CCOC(c3ccc(Cl)cc3)C2)nc(N)n1. The van der Waals surface area contributed by atoms with E-state index in [2.05, 4.69) is 14.9 Å². The molecule has 0 radical (unpaired) electrons. The number of morpholine rings is 1. The van der Waals surface area contributed by atoms with Crippen molar-refractivity contribution in [2.45, 2.75) is 26.1 Å². The topological polar surface area (TPSA) is 73.5 Å². The fourth-order valence-electron chi connectivity index (χ4n) is 2.63. The first-order chi connectivity index (χ1) is 11.5. The van der Waals surface area contributed by atoms with E-state index in [1.165, 1.54) is 0 Å². The molecule has 0 spiro atoms. The normalized spacial score (nSPS) is 18.0. The highest BCUT2D eigenvalue weighted by Crippen LogP contribution is 2.28. The molecular formula is C17H21ClN4O2. The van der Waals surface area contributed by atoms with E-state index in [-0.39, 0.29) is 18.2 Å². The van der Waals surface area contributed by atoms with Crippen molar-refractivity contribution in [2.75, 3.05) is 30.3 Å². The minimum atomic E-state index is -0.0401. The lowest BCUT2D eigenvalue weighted by Gasteiger charge is -2.34. The lowest BCUT2D eigenvalue weighted by Crippen LogP contribution is -2.39. The van der Waals surface area contributed by atoms with Crippen LogP contribution in [0.4, 0.5) is 11.8 Å². The molecular weight excluding hydrogens is 328 g/mol. The van der Waals surface area contributed by atoms with Crippen LogP contribution in [0.15, 0.2) is 30.3 Å². The Kier molecular flexibility index (Phi) is 5.06. The second-order valence-electron chi connectivity index (χ2n) is 5.95.